The fraction of sp³-hybridized carbons (Fsp3) is 0.304. The van der Waals surface area contributed by atoms with E-state index in [9.17, 15) is 13.2 Å². The molecule has 2 N–H and O–H groups in total. The minimum Gasteiger partial charge on any atom is -0.371 e. The van der Waals surface area contributed by atoms with E-state index in [1.165, 1.54) is 38.4 Å². The average molecular weight is 439 g/mol. The number of aryl methyl sites for hydroxylation is 1. The van der Waals surface area contributed by atoms with Crippen molar-refractivity contribution in [2.45, 2.75) is 31.1 Å². The number of hydrogen-bond donors (Lipinski definition) is 2. The number of amides is 1. The maximum Gasteiger partial charge on any atom is 0.255 e. The Hall–Kier alpha value is -2.97. The highest BCUT2D eigenvalue weighted by molar-refractivity contribution is 7.89. The van der Waals surface area contributed by atoms with Crippen LogP contribution in [0.5, 0.6) is 0 Å². The fourth-order valence-corrected chi connectivity index (χ4v) is 4.77. The number of carbonyl (C=O) groups is 1. The van der Waals surface area contributed by atoms with E-state index in [-0.39, 0.29) is 10.8 Å². The number of piperidine rings is 1. The Morgan fingerprint density at radius 1 is 1.03 bits per heavy atom. The summed E-state index contributed by atoms with van der Waals surface area (Å²) in [6.07, 6.45) is 7.13. The lowest BCUT2D eigenvalue weighted by atomic mass is 10.0. The minimum absolute atomic E-state index is 0.0534. The molecular weight excluding hydrogens is 412 g/mol. The van der Waals surface area contributed by atoms with Crippen molar-refractivity contribution in [3.05, 3.63) is 59.9 Å². The van der Waals surface area contributed by atoms with Crippen LogP contribution < -0.4 is 14.9 Å². The molecule has 0 unspecified atom stereocenters. The molecule has 0 aliphatic carbocycles. The molecule has 0 atom stereocenters. The lowest BCUT2D eigenvalue weighted by Gasteiger charge is -2.30. The summed E-state index contributed by atoms with van der Waals surface area (Å²) in [5, 5.41) is 4.85. The predicted molar refractivity (Wildman–Crippen MR) is 123 cm³/mol. The number of nitrogens with zero attached hydrogens (tertiary/aromatic N) is 2. The molecule has 162 valence electrons. The van der Waals surface area contributed by atoms with E-state index in [1.54, 1.807) is 25.4 Å². The van der Waals surface area contributed by atoms with E-state index in [1.807, 2.05) is 18.2 Å². The number of sulfonamides is 1. The van der Waals surface area contributed by atoms with Gasteiger partial charge in [-0.05, 0) is 69.1 Å². The number of rotatable bonds is 5. The molecule has 0 saturated carbocycles. The van der Waals surface area contributed by atoms with Gasteiger partial charge in [0.25, 0.3) is 5.91 Å². The second kappa shape index (κ2) is 8.64. The molecule has 1 aromatic heterocycles. The van der Waals surface area contributed by atoms with Crippen molar-refractivity contribution >= 4 is 38.1 Å². The Morgan fingerprint density at radius 2 is 1.81 bits per heavy atom. The highest BCUT2D eigenvalue weighted by Gasteiger charge is 2.19. The van der Waals surface area contributed by atoms with Gasteiger partial charge in [-0.3, -0.25) is 9.78 Å². The molecule has 0 radical (unpaired) electrons. The SMILES string of the molecule is CNS(=O)(=O)c1ccc(C)c(C(=O)Nc2ccc(N3CCCCC3)c3ccncc23)c1. The summed E-state index contributed by atoms with van der Waals surface area (Å²) in [6, 6.07) is 10.4. The Labute approximate surface area is 182 Å². The van der Waals surface area contributed by atoms with Gasteiger partial charge < -0.3 is 10.2 Å². The molecule has 0 spiro atoms. The maximum absolute atomic E-state index is 13.1. The monoisotopic (exact) mass is 438 g/mol. The van der Waals surface area contributed by atoms with Crippen LogP contribution in [0.1, 0.15) is 35.2 Å². The van der Waals surface area contributed by atoms with Gasteiger partial charge in [-0.25, -0.2) is 13.1 Å². The van der Waals surface area contributed by atoms with Crippen molar-refractivity contribution in [3.63, 3.8) is 0 Å². The first-order valence-corrected chi connectivity index (χ1v) is 11.9. The molecule has 1 fully saturated rings. The number of nitrogens with one attached hydrogen (secondary N) is 2. The Kier molecular flexibility index (Phi) is 5.93. The second-order valence-electron chi connectivity index (χ2n) is 7.74. The molecule has 3 aromatic rings. The Bertz CT molecular complexity index is 1230. The topological polar surface area (TPSA) is 91.4 Å². The summed E-state index contributed by atoms with van der Waals surface area (Å²) in [7, 11) is -2.30. The molecule has 1 saturated heterocycles. The number of anilines is 2. The number of pyridine rings is 1. The average Bonchev–Trinajstić information content (AvgIpc) is 2.80. The lowest BCUT2D eigenvalue weighted by molar-refractivity contribution is 0.102. The van der Waals surface area contributed by atoms with Crippen molar-refractivity contribution in [3.8, 4) is 0 Å². The number of hydrogen-bond acceptors (Lipinski definition) is 5. The van der Waals surface area contributed by atoms with E-state index in [0.29, 0.717) is 16.8 Å². The quantitative estimate of drug-likeness (QED) is 0.634. The zero-order chi connectivity index (χ0) is 22.0. The first-order chi connectivity index (χ1) is 14.9. The van der Waals surface area contributed by atoms with Crippen molar-refractivity contribution in [2.24, 2.45) is 0 Å². The summed E-state index contributed by atoms with van der Waals surface area (Å²) in [4.78, 5) is 19.8. The molecule has 1 aliphatic rings. The van der Waals surface area contributed by atoms with Gasteiger partial charge in [0, 0.05) is 47.5 Å². The lowest BCUT2D eigenvalue weighted by Crippen LogP contribution is -2.29. The molecule has 1 amide bonds. The van der Waals surface area contributed by atoms with Gasteiger partial charge in [-0.2, -0.15) is 0 Å². The summed E-state index contributed by atoms with van der Waals surface area (Å²) < 4.78 is 26.6. The van der Waals surface area contributed by atoms with Gasteiger partial charge in [0.1, 0.15) is 0 Å². The molecule has 31 heavy (non-hydrogen) atoms. The Morgan fingerprint density at radius 3 is 2.55 bits per heavy atom. The van der Waals surface area contributed by atoms with Crippen LogP contribution in [0.4, 0.5) is 11.4 Å². The standard InChI is InChI=1S/C23H26N4O3S/c1-16-6-7-17(31(29,30)24-2)14-19(16)23(28)26-21-8-9-22(27-12-4-3-5-13-27)18-10-11-25-15-20(18)21/h6-11,14-15,24H,3-5,12-13H2,1-2H3,(H,26,28). The van der Waals surface area contributed by atoms with Crippen molar-refractivity contribution in [1.29, 1.82) is 0 Å². The third-order valence-corrected chi connectivity index (χ3v) is 7.18. The number of fused-ring (bicyclic) bond motifs is 1. The number of aromatic nitrogens is 1. The summed E-state index contributed by atoms with van der Waals surface area (Å²) in [5.41, 5.74) is 2.80. The molecule has 0 bridgehead atoms. The van der Waals surface area contributed by atoms with Crippen LogP contribution in [0.3, 0.4) is 0 Å². The van der Waals surface area contributed by atoms with E-state index < -0.39 is 10.0 Å². The zero-order valence-electron chi connectivity index (χ0n) is 17.7. The largest absolute Gasteiger partial charge is 0.371 e. The van der Waals surface area contributed by atoms with Crippen molar-refractivity contribution in [2.75, 3.05) is 30.4 Å². The number of carbonyl (C=O) groups excluding carboxylic acids is 1. The summed E-state index contributed by atoms with van der Waals surface area (Å²) in [5.74, 6) is -0.360. The van der Waals surface area contributed by atoms with E-state index in [0.717, 1.165) is 29.5 Å². The third kappa shape index (κ3) is 4.26. The van der Waals surface area contributed by atoms with Crippen LogP contribution in [0, 0.1) is 6.92 Å². The van der Waals surface area contributed by atoms with E-state index in [4.69, 9.17) is 0 Å². The molecule has 4 rings (SSSR count). The van der Waals surface area contributed by atoms with Gasteiger partial charge in [-0.1, -0.05) is 6.07 Å². The van der Waals surface area contributed by atoms with Gasteiger partial charge in [-0.15, -0.1) is 0 Å². The van der Waals surface area contributed by atoms with Gasteiger partial charge in [0.2, 0.25) is 10.0 Å². The normalized spacial score (nSPS) is 14.6. The first-order valence-electron chi connectivity index (χ1n) is 10.4. The van der Waals surface area contributed by atoms with Crippen LogP contribution in [0.2, 0.25) is 0 Å². The van der Waals surface area contributed by atoms with Crippen LogP contribution in [-0.2, 0) is 10.0 Å². The Balaban J connectivity index is 1.70. The van der Waals surface area contributed by atoms with E-state index in [2.05, 4.69) is 19.9 Å². The highest BCUT2D eigenvalue weighted by Crippen LogP contribution is 2.33. The summed E-state index contributed by atoms with van der Waals surface area (Å²) >= 11 is 0. The third-order valence-electron chi connectivity index (χ3n) is 5.77. The smallest absolute Gasteiger partial charge is 0.255 e. The van der Waals surface area contributed by atoms with E-state index >= 15 is 0 Å². The maximum atomic E-state index is 13.1. The second-order valence-corrected chi connectivity index (χ2v) is 9.63. The zero-order valence-corrected chi connectivity index (χ0v) is 18.5. The van der Waals surface area contributed by atoms with Gasteiger partial charge in [0.15, 0.2) is 0 Å². The van der Waals surface area contributed by atoms with Crippen LogP contribution in [0.25, 0.3) is 10.8 Å². The van der Waals surface area contributed by atoms with Crippen molar-refractivity contribution < 1.29 is 13.2 Å². The molecule has 7 nitrogen and oxygen atoms in total. The van der Waals surface area contributed by atoms with Crippen molar-refractivity contribution in [1.82, 2.24) is 9.71 Å². The fourth-order valence-electron chi connectivity index (χ4n) is 4.01. The van der Waals surface area contributed by atoms with Gasteiger partial charge in [0.05, 0.1) is 10.6 Å². The summed E-state index contributed by atoms with van der Waals surface area (Å²) in [6.45, 7) is 3.83. The first kappa shape index (κ1) is 21.3. The predicted octanol–water partition coefficient (Wildman–Crippen LogP) is 3.69. The molecular formula is C23H26N4O3S. The van der Waals surface area contributed by atoms with Crippen LogP contribution in [0.15, 0.2) is 53.7 Å². The molecule has 2 heterocycles. The molecule has 8 heteroatoms. The van der Waals surface area contributed by atoms with Gasteiger partial charge >= 0.3 is 0 Å². The molecule has 1 aliphatic heterocycles. The van der Waals surface area contributed by atoms with Crippen LogP contribution >= 0.6 is 0 Å². The molecule has 2 aromatic carbocycles. The van der Waals surface area contributed by atoms with Crippen LogP contribution in [-0.4, -0.2) is 39.4 Å². The highest BCUT2D eigenvalue weighted by atomic mass is 32.2. The minimum atomic E-state index is -3.64. The number of benzene rings is 2.